The number of sulfone groups is 1. The Kier molecular flexibility index (Phi) is 6.90. The van der Waals surface area contributed by atoms with Crippen LogP contribution in [0.5, 0.6) is 0 Å². The van der Waals surface area contributed by atoms with Crippen molar-refractivity contribution in [2.45, 2.75) is 52.4 Å². The van der Waals surface area contributed by atoms with Gasteiger partial charge in [0.15, 0.2) is 8.32 Å². The Labute approximate surface area is 124 Å². The van der Waals surface area contributed by atoms with Crippen LogP contribution < -0.4 is 0 Å². The monoisotopic (exact) mass is 324 g/mol. The van der Waals surface area contributed by atoms with E-state index in [4.69, 9.17) is 9.16 Å². The summed E-state index contributed by atoms with van der Waals surface area (Å²) < 4.78 is 33.2. The first-order valence-electron chi connectivity index (χ1n) is 6.69. The molecule has 120 valence electrons. The van der Waals surface area contributed by atoms with Crippen LogP contribution in [0.25, 0.3) is 0 Å². The lowest BCUT2D eigenvalue weighted by Gasteiger charge is -2.33. The third kappa shape index (κ3) is 9.49. The molecule has 0 unspecified atom stereocenters. The van der Waals surface area contributed by atoms with Gasteiger partial charge in [-0.3, -0.25) is 0 Å². The molecule has 0 aromatic carbocycles. The van der Waals surface area contributed by atoms with Crippen molar-refractivity contribution < 1.29 is 22.4 Å². The van der Waals surface area contributed by atoms with Crippen LogP contribution in [-0.4, -0.2) is 47.9 Å². The van der Waals surface area contributed by atoms with Gasteiger partial charge in [-0.2, -0.15) is 0 Å². The molecule has 0 heterocycles. The molecule has 20 heavy (non-hydrogen) atoms. The molecule has 0 saturated heterocycles. The second-order valence-electron chi connectivity index (χ2n) is 7.05. The minimum Gasteiger partial charge on any atom is -0.467 e. The molecule has 0 N–H and O–H groups in total. The number of carbonyl (C=O) groups is 1. The molecule has 0 saturated carbocycles. The molecule has 0 rings (SSSR count). The van der Waals surface area contributed by atoms with Gasteiger partial charge in [0.1, 0.15) is 15.9 Å². The van der Waals surface area contributed by atoms with Crippen molar-refractivity contribution in [3.8, 4) is 0 Å². The fourth-order valence-corrected chi connectivity index (χ4v) is 6.65. The van der Waals surface area contributed by atoms with E-state index in [1.165, 1.54) is 7.11 Å². The lowest BCUT2D eigenvalue weighted by atomic mass is 10.0. The quantitative estimate of drug-likeness (QED) is 0.530. The number of rotatable bonds is 7. The Hall–Kier alpha value is -0.403. The number of methoxy groups -OCH3 is 1. The zero-order valence-corrected chi connectivity index (χ0v) is 15.5. The first-order valence-corrected chi connectivity index (χ1v) is 11.9. The molecular weight excluding hydrogens is 296 g/mol. The molecule has 0 radical (unpaired) electrons. The molecule has 0 aliphatic heterocycles. The lowest BCUT2D eigenvalue weighted by molar-refractivity contribution is -0.149. The van der Waals surface area contributed by atoms with Crippen molar-refractivity contribution in [3.05, 3.63) is 0 Å². The van der Waals surface area contributed by atoms with Gasteiger partial charge in [-0.05, 0) is 31.0 Å². The number of hydrogen-bond acceptors (Lipinski definition) is 5. The Morgan fingerprint density at radius 1 is 1.25 bits per heavy atom. The summed E-state index contributed by atoms with van der Waals surface area (Å²) in [6.07, 6.45) is 0.504. The normalized spacial score (nSPS) is 14.9. The Balaban J connectivity index is 4.85. The third-order valence-electron chi connectivity index (χ3n) is 2.63. The highest BCUT2D eigenvalue weighted by Crippen LogP contribution is 2.29. The summed E-state index contributed by atoms with van der Waals surface area (Å²) >= 11 is 0. The van der Waals surface area contributed by atoms with Crippen LogP contribution in [0, 0.1) is 5.41 Å². The van der Waals surface area contributed by atoms with E-state index < -0.39 is 30.2 Å². The second-order valence-corrected chi connectivity index (χ2v) is 13.4. The van der Waals surface area contributed by atoms with Gasteiger partial charge in [0.2, 0.25) is 0 Å². The molecule has 0 aromatic rings. The van der Waals surface area contributed by atoms with Crippen molar-refractivity contribution in [1.29, 1.82) is 0 Å². The van der Waals surface area contributed by atoms with Gasteiger partial charge in [-0.15, -0.1) is 0 Å². The zero-order valence-electron chi connectivity index (χ0n) is 13.6. The summed E-state index contributed by atoms with van der Waals surface area (Å²) in [5.41, 5.74) is 0.104. The third-order valence-corrected chi connectivity index (χ3v) is 6.44. The van der Waals surface area contributed by atoms with Crippen molar-refractivity contribution in [2.24, 2.45) is 5.41 Å². The van der Waals surface area contributed by atoms with Crippen LogP contribution >= 0.6 is 0 Å². The van der Waals surface area contributed by atoms with Crippen LogP contribution in [-0.2, 0) is 23.8 Å². The van der Waals surface area contributed by atoms with Crippen LogP contribution in [0.3, 0.4) is 0 Å². The van der Waals surface area contributed by atoms with Gasteiger partial charge in [0, 0.05) is 6.26 Å². The predicted octanol–water partition coefficient (Wildman–Crippen LogP) is 2.23. The maximum absolute atomic E-state index is 11.8. The summed E-state index contributed by atoms with van der Waals surface area (Å²) in [4.78, 5) is 11.8. The number of ether oxygens (including phenoxy) is 1. The van der Waals surface area contributed by atoms with Crippen molar-refractivity contribution in [3.63, 3.8) is 0 Å². The predicted molar refractivity (Wildman–Crippen MR) is 83.0 cm³/mol. The van der Waals surface area contributed by atoms with Crippen molar-refractivity contribution in [1.82, 2.24) is 0 Å². The Morgan fingerprint density at radius 2 is 1.75 bits per heavy atom. The SMILES string of the molecule is COC(=O)[C@H](CCS(C)(=O)=O)O[Si](C)(C)CC(C)(C)C. The highest BCUT2D eigenvalue weighted by molar-refractivity contribution is 7.90. The first-order chi connectivity index (χ1) is 8.76. The molecule has 7 heteroatoms. The van der Waals surface area contributed by atoms with E-state index >= 15 is 0 Å². The standard InChI is InChI=1S/C13H28O5SSi/c1-13(2,3)10-20(6,7)18-11(12(14)17-4)8-9-19(5,15)16/h11H,8-10H2,1-7H3/t11-/m0/s1. The van der Waals surface area contributed by atoms with E-state index in [0.29, 0.717) is 0 Å². The Morgan fingerprint density at radius 3 is 2.10 bits per heavy atom. The maximum atomic E-state index is 11.8. The van der Waals surface area contributed by atoms with Gasteiger partial charge in [0.05, 0.1) is 12.9 Å². The minimum absolute atomic E-state index is 0.0766. The fourth-order valence-electron chi connectivity index (χ4n) is 2.38. The maximum Gasteiger partial charge on any atom is 0.333 e. The van der Waals surface area contributed by atoms with Gasteiger partial charge < -0.3 is 9.16 Å². The molecule has 0 aliphatic carbocycles. The molecule has 0 spiro atoms. The van der Waals surface area contributed by atoms with E-state index in [0.717, 1.165) is 12.3 Å². The lowest BCUT2D eigenvalue weighted by Crippen LogP contribution is -2.42. The Bertz CT molecular complexity index is 423. The molecule has 1 atom stereocenters. The largest absolute Gasteiger partial charge is 0.467 e. The zero-order chi connectivity index (χ0) is 16.2. The molecule has 0 aromatic heterocycles. The number of esters is 1. The topological polar surface area (TPSA) is 69.7 Å². The van der Waals surface area contributed by atoms with E-state index in [1.54, 1.807) is 0 Å². The van der Waals surface area contributed by atoms with Gasteiger partial charge >= 0.3 is 5.97 Å². The summed E-state index contributed by atoms with van der Waals surface area (Å²) in [6.45, 7) is 10.4. The smallest absolute Gasteiger partial charge is 0.333 e. The first kappa shape index (κ1) is 19.6. The van der Waals surface area contributed by atoms with Crippen LogP contribution in [0.15, 0.2) is 0 Å². The average molecular weight is 325 g/mol. The molecular formula is C13H28O5SSi. The molecule has 0 aliphatic rings. The van der Waals surface area contributed by atoms with Crippen LogP contribution in [0.1, 0.15) is 27.2 Å². The number of carbonyl (C=O) groups excluding carboxylic acids is 1. The summed E-state index contributed by atoms with van der Waals surface area (Å²) in [5.74, 6) is -0.574. The highest BCUT2D eigenvalue weighted by Gasteiger charge is 2.34. The summed E-state index contributed by atoms with van der Waals surface area (Å²) in [6, 6.07) is 0.881. The molecule has 0 bridgehead atoms. The summed E-state index contributed by atoms with van der Waals surface area (Å²) in [5, 5.41) is 0. The average Bonchev–Trinajstić information content (AvgIpc) is 2.18. The molecule has 0 fully saturated rings. The molecule has 5 nitrogen and oxygen atoms in total. The van der Waals surface area contributed by atoms with Gasteiger partial charge in [-0.1, -0.05) is 20.8 Å². The summed E-state index contributed by atoms with van der Waals surface area (Å²) in [7, 11) is -3.91. The van der Waals surface area contributed by atoms with Crippen molar-refractivity contribution in [2.75, 3.05) is 19.1 Å². The van der Waals surface area contributed by atoms with E-state index in [2.05, 4.69) is 20.8 Å². The van der Waals surface area contributed by atoms with Crippen LogP contribution in [0.4, 0.5) is 0 Å². The number of hydrogen-bond donors (Lipinski definition) is 0. The highest BCUT2D eigenvalue weighted by atomic mass is 32.2. The minimum atomic E-state index is -3.12. The van der Waals surface area contributed by atoms with Gasteiger partial charge in [0.25, 0.3) is 0 Å². The van der Waals surface area contributed by atoms with E-state index in [9.17, 15) is 13.2 Å². The van der Waals surface area contributed by atoms with Crippen molar-refractivity contribution >= 4 is 24.1 Å². The van der Waals surface area contributed by atoms with E-state index in [1.807, 2.05) is 13.1 Å². The van der Waals surface area contributed by atoms with Gasteiger partial charge in [-0.25, -0.2) is 13.2 Å². The van der Waals surface area contributed by atoms with E-state index in [-0.39, 0.29) is 17.6 Å². The molecule has 0 amide bonds. The fraction of sp³-hybridized carbons (Fsp3) is 0.923. The second kappa shape index (κ2) is 7.04. The van der Waals surface area contributed by atoms with Crippen LogP contribution in [0.2, 0.25) is 19.1 Å².